The quantitative estimate of drug-likeness (QED) is 0.570. The average Bonchev–Trinajstić information content (AvgIpc) is 3.10. The topological polar surface area (TPSA) is 60.6 Å². The molecular weight excluding hydrogens is 349 g/mol. The van der Waals surface area contributed by atoms with Crippen molar-refractivity contribution in [1.29, 1.82) is 0 Å². The number of rotatable bonds is 9. The summed E-state index contributed by atoms with van der Waals surface area (Å²) >= 11 is 0. The molecule has 0 saturated heterocycles. The zero-order valence-corrected chi connectivity index (χ0v) is 15.4. The first kappa shape index (κ1) is 18.8. The van der Waals surface area contributed by atoms with Crippen molar-refractivity contribution in [3.63, 3.8) is 0 Å². The summed E-state index contributed by atoms with van der Waals surface area (Å²) in [7, 11) is 1.98. The molecule has 1 aromatic heterocycles. The summed E-state index contributed by atoms with van der Waals surface area (Å²) in [6.45, 7) is 4.05. The van der Waals surface area contributed by atoms with Gasteiger partial charge in [-0.05, 0) is 55.9 Å². The molecule has 27 heavy (non-hydrogen) atoms. The van der Waals surface area contributed by atoms with Crippen LogP contribution in [-0.2, 0) is 19.7 Å². The summed E-state index contributed by atoms with van der Waals surface area (Å²) in [4.78, 5) is 6.40. The maximum atomic E-state index is 12.9. The van der Waals surface area contributed by atoms with Gasteiger partial charge in [-0.25, -0.2) is 4.39 Å². The monoisotopic (exact) mass is 371 g/mol. The molecule has 0 atom stereocenters. The van der Waals surface area contributed by atoms with Gasteiger partial charge >= 0.3 is 0 Å². The lowest BCUT2D eigenvalue weighted by Crippen LogP contribution is -2.17. The lowest BCUT2D eigenvalue weighted by atomic mass is 10.2. The minimum atomic E-state index is -0.306. The molecule has 0 N–H and O–H groups in total. The molecule has 0 aliphatic carbocycles. The highest BCUT2D eigenvalue weighted by Crippen LogP contribution is 2.15. The van der Waals surface area contributed by atoms with E-state index in [9.17, 15) is 4.39 Å². The number of nitrogens with zero attached hydrogens (tertiary/aromatic N) is 3. The van der Waals surface area contributed by atoms with Gasteiger partial charge in [-0.3, -0.25) is 4.90 Å². The highest BCUT2D eigenvalue weighted by molar-refractivity contribution is 5.27. The van der Waals surface area contributed by atoms with Gasteiger partial charge in [-0.1, -0.05) is 17.3 Å². The minimum Gasteiger partial charge on any atom is -0.494 e. The van der Waals surface area contributed by atoms with Crippen LogP contribution in [0.1, 0.15) is 24.2 Å². The molecule has 0 aliphatic heterocycles. The van der Waals surface area contributed by atoms with Crippen molar-refractivity contribution < 1.29 is 18.4 Å². The molecule has 142 valence electrons. The molecule has 0 bridgehead atoms. The smallest absolute Gasteiger partial charge is 0.240 e. The summed E-state index contributed by atoms with van der Waals surface area (Å²) in [5.74, 6) is 2.08. The first-order valence-electron chi connectivity index (χ1n) is 8.72. The van der Waals surface area contributed by atoms with Gasteiger partial charge in [-0.15, -0.1) is 0 Å². The molecule has 0 saturated carbocycles. The van der Waals surface area contributed by atoms with Crippen LogP contribution >= 0.6 is 0 Å². The highest BCUT2D eigenvalue weighted by atomic mass is 19.1. The molecule has 3 rings (SSSR count). The van der Waals surface area contributed by atoms with Gasteiger partial charge in [0.2, 0.25) is 11.7 Å². The average molecular weight is 371 g/mol. The van der Waals surface area contributed by atoms with Gasteiger partial charge in [-0.2, -0.15) is 4.98 Å². The number of hydrogen-bond donors (Lipinski definition) is 0. The zero-order chi connectivity index (χ0) is 19.1. The highest BCUT2D eigenvalue weighted by Gasteiger charge is 2.10. The van der Waals surface area contributed by atoms with Crippen LogP contribution in [0.4, 0.5) is 4.39 Å². The molecule has 0 fully saturated rings. The lowest BCUT2D eigenvalue weighted by molar-refractivity contribution is 0.256. The Bertz CT molecular complexity index is 834. The van der Waals surface area contributed by atoms with Crippen LogP contribution in [0.25, 0.3) is 0 Å². The third-order valence-electron chi connectivity index (χ3n) is 3.78. The fourth-order valence-corrected chi connectivity index (χ4v) is 2.55. The maximum Gasteiger partial charge on any atom is 0.240 e. The van der Waals surface area contributed by atoms with E-state index in [1.54, 1.807) is 12.1 Å². The van der Waals surface area contributed by atoms with Crippen molar-refractivity contribution in [2.75, 3.05) is 13.7 Å². The fraction of sp³-hybridized carbons (Fsp3) is 0.300. The molecule has 0 aliphatic rings. The van der Waals surface area contributed by atoms with Crippen molar-refractivity contribution in [3.05, 3.63) is 71.6 Å². The van der Waals surface area contributed by atoms with Crippen LogP contribution in [0, 0.1) is 5.82 Å². The molecule has 1 heterocycles. The van der Waals surface area contributed by atoms with Crippen LogP contribution < -0.4 is 9.47 Å². The van der Waals surface area contributed by atoms with Crippen LogP contribution in [0.5, 0.6) is 11.5 Å². The van der Waals surface area contributed by atoms with Gasteiger partial charge < -0.3 is 14.0 Å². The molecule has 7 heteroatoms. The van der Waals surface area contributed by atoms with Gasteiger partial charge in [0.1, 0.15) is 17.3 Å². The van der Waals surface area contributed by atoms with Crippen LogP contribution in [0.15, 0.2) is 53.1 Å². The summed E-state index contributed by atoms with van der Waals surface area (Å²) < 4.78 is 29.1. The van der Waals surface area contributed by atoms with Crippen molar-refractivity contribution in [2.24, 2.45) is 0 Å². The van der Waals surface area contributed by atoms with Crippen molar-refractivity contribution in [3.8, 4) is 11.5 Å². The largest absolute Gasteiger partial charge is 0.494 e. The van der Waals surface area contributed by atoms with E-state index in [0.29, 0.717) is 30.6 Å². The van der Waals surface area contributed by atoms with Gasteiger partial charge in [0.25, 0.3) is 0 Å². The summed E-state index contributed by atoms with van der Waals surface area (Å²) in [5.41, 5.74) is 1.17. The SMILES string of the molecule is CCOc1ccc(CN(C)Cc2nc(COc3ccc(F)cc3)no2)cc1. The standard InChI is InChI=1S/C20H22FN3O3/c1-3-25-17-8-4-15(5-9-17)12-24(2)13-20-22-19(23-27-20)14-26-18-10-6-16(21)7-11-18/h4-11H,3,12-14H2,1-2H3. The molecule has 0 amide bonds. The second-order valence-electron chi connectivity index (χ2n) is 6.10. The third-order valence-corrected chi connectivity index (χ3v) is 3.78. The van der Waals surface area contributed by atoms with E-state index in [0.717, 1.165) is 12.3 Å². The Hall–Kier alpha value is -2.93. The van der Waals surface area contributed by atoms with Crippen LogP contribution in [-0.4, -0.2) is 28.7 Å². The molecule has 3 aromatic rings. The van der Waals surface area contributed by atoms with E-state index < -0.39 is 0 Å². The number of aromatic nitrogens is 2. The summed E-state index contributed by atoms with van der Waals surface area (Å²) in [6, 6.07) is 13.8. The first-order valence-corrected chi connectivity index (χ1v) is 8.72. The van der Waals surface area contributed by atoms with E-state index >= 15 is 0 Å². The predicted molar refractivity (Wildman–Crippen MR) is 97.8 cm³/mol. The normalized spacial score (nSPS) is 11.0. The molecule has 6 nitrogen and oxygen atoms in total. The van der Waals surface area contributed by atoms with Crippen molar-refractivity contribution in [2.45, 2.75) is 26.6 Å². The van der Waals surface area contributed by atoms with E-state index in [2.05, 4.69) is 15.0 Å². The van der Waals surface area contributed by atoms with Gasteiger partial charge in [0.05, 0.1) is 13.2 Å². The molecule has 2 aromatic carbocycles. The third kappa shape index (κ3) is 5.79. The predicted octanol–water partition coefficient (Wildman–Crippen LogP) is 3.82. The maximum absolute atomic E-state index is 12.9. The Balaban J connectivity index is 1.48. The van der Waals surface area contributed by atoms with Crippen LogP contribution in [0.2, 0.25) is 0 Å². The van der Waals surface area contributed by atoms with Crippen molar-refractivity contribution >= 4 is 0 Å². The van der Waals surface area contributed by atoms with Gasteiger partial charge in [0, 0.05) is 6.54 Å². The second kappa shape index (κ2) is 9.14. The lowest BCUT2D eigenvalue weighted by Gasteiger charge is -2.14. The minimum absolute atomic E-state index is 0.164. The summed E-state index contributed by atoms with van der Waals surface area (Å²) in [5, 5.41) is 3.91. The first-order chi connectivity index (χ1) is 13.1. The van der Waals surface area contributed by atoms with E-state index in [1.165, 1.54) is 17.7 Å². The Kier molecular flexibility index (Phi) is 6.38. The Morgan fingerprint density at radius 2 is 1.63 bits per heavy atom. The van der Waals surface area contributed by atoms with E-state index in [1.807, 2.05) is 38.2 Å². The zero-order valence-electron chi connectivity index (χ0n) is 15.4. The number of benzene rings is 2. The molecule has 0 radical (unpaired) electrons. The van der Waals surface area contributed by atoms with E-state index in [4.69, 9.17) is 14.0 Å². The fourth-order valence-electron chi connectivity index (χ4n) is 2.55. The Morgan fingerprint density at radius 3 is 2.33 bits per heavy atom. The number of halogens is 1. The van der Waals surface area contributed by atoms with E-state index in [-0.39, 0.29) is 12.4 Å². The Morgan fingerprint density at radius 1 is 0.963 bits per heavy atom. The molecular formula is C20H22FN3O3. The number of ether oxygens (including phenoxy) is 2. The van der Waals surface area contributed by atoms with Crippen molar-refractivity contribution in [1.82, 2.24) is 15.0 Å². The number of hydrogen-bond acceptors (Lipinski definition) is 6. The van der Waals surface area contributed by atoms with Gasteiger partial charge in [0.15, 0.2) is 6.61 Å². The Labute approximate surface area is 157 Å². The molecule has 0 spiro atoms. The molecule has 0 unspecified atom stereocenters. The summed E-state index contributed by atoms with van der Waals surface area (Å²) in [6.07, 6.45) is 0. The van der Waals surface area contributed by atoms with Crippen LogP contribution in [0.3, 0.4) is 0 Å². The second-order valence-corrected chi connectivity index (χ2v) is 6.10.